The summed E-state index contributed by atoms with van der Waals surface area (Å²) in [6.07, 6.45) is -9.41. The molecule has 3 aliphatic heterocycles. The van der Waals surface area contributed by atoms with Gasteiger partial charge in [-0.1, -0.05) is 24.0 Å². The Morgan fingerprint density at radius 3 is 1.85 bits per heavy atom. The zero-order valence-electron chi connectivity index (χ0n) is 44.4. The molecule has 6 rings (SSSR count). The van der Waals surface area contributed by atoms with E-state index in [0.29, 0.717) is 67.5 Å². The van der Waals surface area contributed by atoms with Crippen LogP contribution in [0.15, 0.2) is 65.8 Å². The average Bonchev–Trinajstić information content (AvgIpc) is 3.70. The number of fused-ring (bicyclic) bond motifs is 2. The number of carbonyl (C=O) groups excluding carboxylic acids is 4. The molecule has 2 aromatic carbocycles. The van der Waals surface area contributed by atoms with Crippen LogP contribution < -0.4 is 32.0 Å². The Bertz CT molecular complexity index is 2750. The molecular weight excluding hydrogens is 1060 g/mol. The molecule has 6 atom stereocenters. The van der Waals surface area contributed by atoms with Crippen molar-refractivity contribution < 1.29 is 73.6 Å². The molecule has 430 valence electrons. The van der Waals surface area contributed by atoms with Gasteiger partial charge in [-0.15, -0.1) is 0 Å². The van der Waals surface area contributed by atoms with Gasteiger partial charge in [0.1, 0.15) is 29.5 Å². The van der Waals surface area contributed by atoms with Crippen LogP contribution in [0.1, 0.15) is 68.4 Å². The Labute approximate surface area is 451 Å². The number of aliphatic hydroxyl groups is 1. The number of halogens is 8. The number of nitrogens with one attached hydrogen (secondary N) is 4. The van der Waals surface area contributed by atoms with E-state index in [1.165, 1.54) is 31.5 Å². The van der Waals surface area contributed by atoms with Crippen LogP contribution in [0.4, 0.5) is 50.5 Å². The minimum absolute atomic E-state index is 0.136. The van der Waals surface area contributed by atoms with Gasteiger partial charge in [-0.3, -0.25) is 24.9 Å². The van der Waals surface area contributed by atoms with Crippen molar-refractivity contribution in [3.05, 3.63) is 100 Å². The van der Waals surface area contributed by atoms with E-state index in [4.69, 9.17) is 10.5 Å². The lowest BCUT2D eigenvalue weighted by atomic mass is 9.82. The highest BCUT2D eigenvalue weighted by molar-refractivity contribution is 5.87. The molecule has 0 saturated carbocycles. The van der Waals surface area contributed by atoms with Gasteiger partial charge >= 0.3 is 24.5 Å². The molecule has 18 nitrogen and oxygen atoms in total. The number of aliphatic hydroxyl groups excluding tert-OH is 1. The van der Waals surface area contributed by atoms with Gasteiger partial charge in [0, 0.05) is 85.7 Å². The quantitative estimate of drug-likeness (QED) is 0.0386. The van der Waals surface area contributed by atoms with Crippen LogP contribution in [0.25, 0.3) is 5.70 Å². The van der Waals surface area contributed by atoms with Crippen molar-refractivity contribution in [2.45, 2.75) is 108 Å². The van der Waals surface area contributed by atoms with E-state index >= 15 is 8.78 Å². The third-order valence-electron chi connectivity index (χ3n) is 14.4. The summed E-state index contributed by atoms with van der Waals surface area (Å²) in [6.45, 7) is 3.49. The highest BCUT2D eigenvalue weighted by Gasteiger charge is 2.57. The number of anilines is 1. The maximum atomic E-state index is 15.9. The van der Waals surface area contributed by atoms with Crippen LogP contribution in [0.2, 0.25) is 0 Å². The summed E-state index contributed by atoms with van der Waals surface area (Å²) in [5.74, 6) is 1.18. The molecule has 0 spiro atoms. The number of pyridine rings is 1. The van der Waals surface area contributed by atoms with E-state index < -0.39 is 108 Å². The summed E-state index contributed by atoms with van der Waals surface area (Å²) in [6, 6.07) is 6.20. The van der Waals surface area contributed by atoms with Gasteiger partial charge in [0.15, 0.2) is 0 Å². The predicted molar refractivity (Wildman–Crippen MR) is 274 cm³/mol. The van der Waals surface area contributed by atoms with Crippen LogP contribution in [-0.2, 0) is 36.8 Å². The van der Waals surface area contributed by atoms with Gasteiger partial charge in [-0.05, 0) is 95.0 Å². The molecule has 79 heavy (non-hydrogen) atoms. The van der Waals surface area contributed by atoms with Crippen molar-refractivity contribution in [1.29, 1.82) is 0 Å². The second-order valence-corrected chi connectivity index (χ2v) is 20.5. The number of hydrogen-bond donors (Lipinski definition) is 6. The van der Waals surface area contributed by atoms with Crippen molar-refractivity contribution in [3.8, 4) is 11.8 Å². The molecule has 4 heterocycles. The fourth-order valence-corrected chi connectivity index (χ4v) is 9.35. The Hall–Kier alpha value is -7.08. The molecule has 2 unspecified atom stereocenters. The zero-order valence-corrected chi connectivity index (χ0v) is 44.4. The molecule has 1 aromatic heterocycles. The SMILES string of the molecule is CN=CC=C(N)c1cc(F)c(CN(C[C@H](O)[C@H](Cc2ccc(C#Cc3ccc(N4CC5CCC(C4)N5C4COC4)nc3)cc2)NC(=O)[C@@H](NC(=O)OC)C(C)(C)C(F)(F)F)NC(=O)[C@@H](NC(=O)OC)C(C)(C)C(F)(F)F)c(F)c1. The van der Waals surface area contributed by atoms with Gasteiger partial charge in [0.2, 0.25) is 5.91 Å². The number of ether oxygens (including phenoxy) is 3. The van der Waals surface area contributed by atoms with Crippen LogP contribution in [-0.4, -0.2) is 159 Å². The molecule has 0 radical (unpaired) electrons. The summed E-state index contributed by atoms with van der Waals surface area (Å²) < 4.78 is 133. The van der Waals surface area contributed by atoms with Gasteiger partial charge < -0.3 is 45.9 Å². The predicted octanol–water partition coefficient (Wildman–Crippen LogP) is 5.36. The van der Waals surface area contributed by atoms with Crippen LogP contribution >= 0.6 is 0 Å². The standard InChI is InChI=1S/C53H64F8N10O8/c1-50(2,52(56,57)58)44(66-48(75)77-6)46(73)65-41(20-31-11-8-30(9-12-31)10-13-32-14-17-43(64-23-32)69-24-34-15-16-35(25-69)71(34)36-28-79-29-36)42(72)27-70(26-37-38(54)21-33(22-39(37)55)40(62)18-19-63-5)68-47(74)45(67-49(76)78-7)51(3,4)53(59,60)61/h8-9,11-12,14,17-19,21-23,34-36,41-42,44-45,72H,15-16,20,24-29,62H2,1-7H3,(H,65,73)(H,66,75)(H,67,76)(H,68,74)/t34?,35?,41-,42-,44+,45+/m0/s1. The fraction of sp³-hybridized carbons (Fsp3) is 0.509. The second kappa shape index (κ2) is 25.4. The van der Waals surface area contributed by atoms with E-state index in [1.54, 1.807) is 18.3 Å². The second-order valence-electron chi connectivity index (χ2n) is 20.5. The Morgan fingerprint density at radius 1 is 0.835 bits per heavy atom. The first-order chi connectivity index (χ1) is 37.1. The number of amides is 4. The number of piperazine rings is 1. The number of rotatable bonds is 19. The highest BCUT2D eigenvalue weighted by Crippen LogP contribution is 2.42. The number of hydrazine groups is 1. The van der Waals surface area contributed by atoms with Crippen molar-refractivity contribution in [3.63, 3.8) is 0 Å². The highest BCUT2D eigenvalue weighted by atomic mass is 19.4. The van der Waals surface area contributed by atoms with Crippen LogP contribution in [0, 0.1) is 34.3 Å². The lowest BCUT2D eigenvalue weighted by Crippen LogP contribution is -2.63. The zero-order chi connectivity index (χ0) is 58.2. The Morgan fingerprint density at radius 2 is 1.37 bits per heavy atom. The number of hydrogen-bond acceptors (Lipinski definition) is 14. The van der Waals surface area contributed by atoms with E-state index in [9.17, 15) is 50.6 Å². The summed E-state index contributed by atoms with van der Waals surface area (Å²) in [4.78, 5) is 66.1. The maximum absolute atomic E-state index is 15.9. The fourth-order valence-electron chi connectivity index (χ4n) is 9.35. The van der Waals surface area contributed by atoms with E-state index in [2.05, 4.69) is 51.8 Å². The number of benzene rings is 2. The molecule has 3 fully saturated rings. The van der Waals surface area contributed by atoms with Crippen LogP contribution in [0.5, 0.6) is 0 Å². The Kier molecular flexibility index (Phi) is 19.6. The van der Waals surface area contributed by atoms with E-state index in [-0.39, 0.29) is 11.3 Å². The lowest BCUT2D eigenvalue weighted by molar-refractivity contribution is -0.221. The van der Waals surface area contributed by atoms with Crippen molar-refractivity contribution in [2.24, 2.45) is 21.6 Å². The molecule has 7 N–H and O–H groups in total. The Balaban J connectivity index is 1.31. The number of aliphatic imine (C=N–C) groups is 1. The lowest BCUT2D eigenvalue weighted by Gasteiger charge is -2.47. The number of nitrogens with zero attached hydrogens (tertiary/aromatic N) is 5. The molecule has 3 aromatic rings. The number of allylic oxidation sites excluding steroid dienone is 1. The third-order valence-corrected chi connectivity index (χ3v) is 14.4. The van der Waals surface area contributed by atoms with Crippen molar-refractivity contribution in [1.82, 2.24) is 36.3 Å². The van der Waals surface area contributed by atoms with Gasteiger partial charge in [-0.2, -0.15) is 26.3 Å². The number of alkyl halides is 6. The number of aromatic nitrogens is 1. The molecule has 4 amide bonds. The monoisotopic (exact) mass is 1120 g/mol. The van der Waals surface area contributed by atoms with Gasteiger partial charge in [-0.25, -0.2) is 28.4 Å². The summed E-state index contributed by atoms with van der Waals surface area (Å²) in [5, 5.41) is 18.7. The molecule has 3 saturated heterocycles. The number of carbonyl (C=O) groups is 4. The minimum atomic E-state index is -5.19. The number of alkyl carbamates (subject to hydrolysis) is 2. The first kappa shape index (κ1) is 61.1. The summed E-state index contributed by atoms with van der Waals surface area (Å²) in [7, 11) is 3.06. The van der Waals surface area contributed by atoms with Crippen LogP contribution in [0.3, 0.4) is 0 Å². The summed E-state index contributed by atoms with van der Waals surface area (Å²) in [5.41, 5.74) is 2.22. The third kappa shape index (κ3) is 14.8. The first-order valence-corrected chi connectivity index (χ1v) is 25.0. The number of nitrogens with two attached hydrogens (primary N) is 1. The largest absolute Gasteiger partial charge is 0.453 e. The average molecular weight is 1120 g/mol. The molecule has 3 aliphatic rings. The molecule has 0 aliphatic carbocycles. The van der Waals surface area contributed by atoms with E-state index in [0.717, 1.165) is 71.3 Å². The molecule has 26 heteroatoms. The minimum Gasteiger partial charge on any atom is -0.453 e. The topological polar surface area (TPSA) is 225 Å². The smallest absolute Gasteiger partial charge is 0.407 e. The number of methoxy groups -OCH3 is 2. The summed E-state index contributed by atoms with van der Waals surface area (Å²) >= 11 is 0. The molecular formula is C53H64F8N10O8. The van der Waals surface area contributed by atoms with Crippen molar-refractivity contribution >= 4 is 41.7 Å². The van der Waals surface area contributed by atoms with Gasteiger partial charge in [0.25, 0.3) is 5.91 Å². The van der Waals surface area contributed by atoms with Crippen molar-refractivity contribution in [2.75, 3.05) is 59.0 Å². The normalized spacial score (nSPS) is 18.9. The molecule has 2 bridgehead atoms. The first-order valence-electron chi connectivity index (χ1n) is 25.0. The maximum Gasteiger partial charge on any atom is 0.407 e. The van der Waals surface area contributed by atoms with Gasteiger partial charge in [0.05, 0.1) is 56.5 Å². The van der Waals surface area contributed by atoms with E-state index in [1.807, 2.05) is 22.8 Å².